The van der Waals surface area contributed by atoms with Gasteiger partial charge in [0.15, 0.2) is 11.6 Å². The molecule has 0 aliphatic heterocycles. The zero-order valence-electron chi connectivity index (χ0n) is 18.1. The second kappa shape index (κ2) is 9.41. The van der Waals surface area contributed by atoms with Crippen molar-refractivity contribution in [1.82, 2.24) is 0 Å². The molecule has 0 N–H and O–H groups in total. The molecule has 0 aliphatic rings. The largest absolute Gasteiger partial charge is 0.573 e. The van der Waals surface area contributed by atoms with Gasteiger partial charge in [0, 0.05) is 10.9 Å². The Kier molecular flexibility index (Phi) is 6.55. The summed E-state index contributed by atoms with van der Waals surface area (Å²) in [6.45, 7) is 2.11. The maximum Gasteiger partial charge on any atom is 0.573 e. The van der Waals surface area contributed by atoms with Gasteiger partial charge in [-0.05, 0) is 52.6 Å². The molecule has 0 aromatic heterocycles. The molecule has 1 nitrogen and oxygen atoms in total. The molecule has 0 amide bonds. The monoisotopic (exact) mass is 474 g/mol. The van der Waals surface area contributed by atoms with Crippen LogP contribution in [0.25, 0.3) is 33.0 Å². The van der Waals surface area contributed by atoms with E-state index in [1.807, 2.05) is 18.2 Å². The van der Waals surface area contributed by atoms with E-state index in [1.54, 1.807) is 24.3 Å². The zero-order valence-corrected chi connectivity index (χ0v) is 18.1. The van der Waals surface area contributed by atoms with Crippen molar-refractivity contribution in [2.24, 2.45) is 0 Å². The van der Waals surface area contributed by atoms with Crippen LogP contribution < -0.4 is 4.74 Å². The molecule has 0 saturated heterocycles. The number of alkyl halides is 3. The van der Waals surface area contributed by atoms with E-state index in [-0.39, 0.29) is 11.4 Å². The van der Waals surface area contributed by atoms with Crippen LogP contribution in [0.1, 0.15) is 25.3 Å². The van der Waals surface area contributed by atoms with E-state index in [0.717, 1.165) is 42.3 Å². The number of halogens is 6. The Morgan fingerprint density at radius 3 is 2.00 bits per heavy atom. The third kappa shape index (κ3) is 5.03. The number of aryl methyl sites for hydroxylation is 1. The summed E-state index contributed by atoms with van der Waals surface area (Å²) >= 11 is 0. The van der Waals surface area contributed by atoms with Gasteiger partial charge in [0.2, 0.25) is 5.75 Å². The van der Waals surface area contributed by atoms with Crippen molar-refractivity contribution >= 4 is 10.8 Å². The summed E-state index contributed by atoms with van der Waals surface area (Å²) in [5.41, 5.74) is 2.44. The number of rotatable bonds is 6. The van der Waals surface area contributed by atoms with E-state index in [0.29, 0.717) is 22.1 Å². The summed E-state index contributed by atoms with van der Waals surface area (Å²) in [5.74, 6) is -4.84. The van der Waals surface area contributed by atoms with Gasteiger partial charge in [-0.3, -0.25) is 0 Å². The molecule has 34 heavy (non-hydrogen) atoms. The van der Waals surface area contributed by atoms with Crippen molar-refractivity contribution in [3.05, 3.63) is 89.7 Å². The van der Waals surface area contributed by atoms with Crippen molar-refractivity contribution in [3.63, 3.8) is 0 Å². The van der Waals surface area contributed by atoms with Crippen LogP contribution in [0.5, 0.6) is 5.75 Å². The van der Waals surface area contributed by atoms with Gasteiger partial charge in [-0.15, -0.1) is 13.2 Å². The van der Waals surface area contributed by atoms with Gasteiger partial charge in [0.05, 0.1) is 0 Å². The number of hydrogen-bond acceptors (Lipinski definition) is 1. The average molecular weight is 474 g/mol. The van der Waals surface area contributed by atoms with E-state index in [1.165, 1.54) is 12.1 Å². The molecule has 0 heterocycles. The predicted octanol–water partition coefficient (Wildman–Crippen LogP) is 8.83. The SMILES string of the molecule is CCCCc1ccc2c(F)c(-c3ccc(-c4cc(F)c(OC(F)(F)F)c(F)c4)cc3)ccc2c1. The Morgan fingerprint density at radius 1 is 0.735 bits per heavy atom. The molecule has 0 bridgehead atoms. The van der Waals surface area contributed by atoms with Crippen LogP contribution in [0, 0.1) is 17.5 Å². The number of benzene rings is 4. The molecule has 7 heteroatoms. The smallest absolute Gasteiger partial charge is 0.399 e. The van der Waals surface area contributed by atoms with E-state index in [4.69, 9.17) is 0 Å². The Balaban J connectivity index is 1.63. The van der Waals surface area contributed by atoms with Crippen LogP contribution in [-0.4, -0.2) is 6.36 Å². The van der Waals surface area contributed by atoms with Gasteiger partial charge in [-0.1, -0.05) is 67.9 Å². The number of ether oxygens (including phenoxy) is 1. The first-order valence-corrected chi connectivity index (χ1v) is 10.7. The Labute approximate surface area is 192 Å². The first-order chi connectivity index (χ1) is 16.2. The minimum atomic E-state index is -5.22. The third-order valence-corrected chi connectivity index (χ3v) is 5.58. The van der Waals surface area contributed by atoms with Gasteiger partial charge in [0.25, 0.3) is 0 Å². The summed E-state index contributed by atoms with van der Waals surface area (Å²) in [4.78, 5) is 0. The molecule has 0 unspecified atom stereocenters. The van der Waals surface area contributed by atoms with Crippen molar-refractivity contribution in [2.45, 2.75) is 32.5 Å². The Morgan fingerprint density at radius 2 is 1.38 bits per heavy atom. The molecular formula is C27H20F6O. The van der Waals surface area contributed by atoms with E-state index in [2.05, 4.69) is 11.7 Å². The predicted molar refractivity (Wildman–Crippen MR) is 120 cm³/mol. The second-order valence-corrected chi connectivity index (χ2v) is 7.98. The molecule has 4 aromatic rings. The fourth-order valence-corrected chi connectivity index (χ4v) is 3.88. The minimum Gasteiger partial charge on any atom is -0.399 e. The van der Waals surface area contributed by atoms with Crippen molar-refractivity contribution in [1.29, 1.82) is 0 Å². The maximum atomic E-state index is 15.2. The zero-order chi connectivity index (χ0) is 24.5. The van der Waals surface area contributed by atoms with Gasteiger partial charge in [-0.25, -0.2) is 13.2 Å². The number of fused-ring (bicyclic) bond motifs is 1. The van der Waals surface area contributed by atoms with Crippen molar-refractivity contribution in [3.8, 4) is 28.0 Å². The molecule has 0 aliphatic carbocycles. The van der Waals surface area contributed by atoms with Crippen LogP contribution in [0.2, 0.25) is 0 Å². The normalized spacial score (nSPS) is 11.7. The first kappa shape index (κ1) is 23.7. The lowest BCUT2D eigenvalue weighted by Crippen LogP contribution is -2.19. The molecule has 4 aromatic carbocycles. The highest BCUT2D eigenvalue weighted by Crippen LogP contribution is 2.34. The molecule has 176 valence electrons. The highest BCUT2D eigenvalue weighted by Gasteiger charge is 2.34. The summed E-state index contributed by atoms with van der Waals surface area (Å²) < 4.78 is 83.8. The molecule has 4 rings (SSSR count). The van der Waals surface area contributed by atoms with Crippen LogP contribution in [0.15, 0.2) is 66.7 Å². The lowest BCUT2D eigenvalue weighted by Gasteiger charge is -2.12. The summed E-state index contributed by atoms with van der Waals surface area (Å²) in [6, 6.07) is 16.9. The summed E-state index contributed by atoms with van der Waals surface area (Å²) in [7, 11) is 0. The molecule has 0 atom stereocenters. The third-order valence-electron chi connectivity index (χ3n) is 5.58. The molecule has 0 fully saturated rings. The Hall–Kier alpha value is -3.48. The molecule has 0 spiro atoms. The van der Waals surface area contributed by atoms with E-state index in [9.17, 15) is 22.0 Å². The van der Waals surface area contributed by atoms with Gasteiger partial charge < -0.3 is 4.74 Å². The molecule has 0 saturated carbocycles. The topological polar surface area (TPSA) is 9.23 Å². The highest BCUT2D eigenvalue weighted by molar-refractivity contribution is 5.89. The Bertz CT molecular complexity index is 1300. The lowest BCUT2D eigenvalue weighted by molar-refractivity contribution is -0.276. The second-order valence-electron chi connectivity index (χ2n) is 7.98. The number of unbranched alkanes of at least 4 members (excludes halogenated alkanes) is 1. The van der Waals surface area contributed by atoms with Crippen LogP contribution in [0.4, 0.5) is 26.3 Å². The van der Waals surface area contributed by atoms with E-state index < -0.39 is 23.7 Å². The van der Waals surface area contributed by atoms with Gasteiger partial charge in [-0.2, -0.15) is 0 Å². The maximum absolute atomic E-state index is 15.2. The fraction of sp³-hybridized carbons (Fsp3) is 0.185. The molecule has 0 radical (unpaired) electrons. The van der Waals surface area contributed by atoms with Crippen LogP contribution in [0.3, 0.4) is 0 Å². The van der Waals surface area contributed by atoms with Gasteiger partial charge >= 0.3 is 6.36 Å². The standard InChI is InChI=1S/C27H20F6O/c1-2-3-4-16-5-11-22-19(13-16)10-12-21(25(22)30)18-8-6-17(7-9-18)20-14-23(28)26(24(29)15-20)34-27(31,32)33/h5-15H,2-4H2,1H3. The highest BCUT2D eigenvalue weighted by atomic mass is 19.4. The van der Waals surface area contributed by atoms with Gasteiger partial charge in [0.1, 0.15) is 5.82 Å². The van der Waals surface area contributed by atoms with Crippen LogP contribution >= 0.6 is 0 Å². The lowest BCUT2D eigenvalue weighted by atomic mass is 9.96. The van der Waals surface area contributed by atoms with E-state index >= 15 is 4.39 Å². The van der Waals surface area contributed by atoms with Crippen molar-refractivity contribution in [2.75, 3.05) is 0 Å². The average Bonchev–Trinajstić information content (AvgIpc) is 2.80. The summed E-state index contributed by atoms with van der Waals surface area (Å²) in [6.07, 6.45) is -2.15. The fourth-order valence-electron chi connectivity index (χ4n) is 3.88. The number of hydrogen-bond donors (Lipinski definition) is 0. The van der Waals surface area contributed by atoms with Crippen molar-refractivity contribution < 1.29 is 31.1 Å². The first-order valence-electron chi connectivity index (χ1n) is 10.7. The molecular weight excluding hydrogens is 454 g/mol. The summed E-state index contributed by atoms with van der Waals surface area (Å²) in [5, 5.41) is 1.30. The minimum absolute atomic E-state index is 0.0228. The van der Waals surface area contributed by atoms with Crippen LogP contribution in [-0.2, 0) is 6.42 Å². The quantitative estimate of drug-likeness (QED) is 0.254.